The van der Waals surface area contributed by atoms with Crippen LogP contribution in [0.2, 0.25) is 0 Å². The molecule has 1 atom stereocenters. The molecule has 134 valence electrons. The number of halogens is 1. The van der Waals surface area contributed by atoms with Crippen LogP contribution < -0.4 is 14.7 Å². The van der Waals surface area contributed by atoms with Crippen molar-refractivity contribution >= 4 is 33.4 Å². The monoisotopic (exact) mass is 404 g/mol. The van der Waals surface area contributed by atoms with Gasteiger partial charge in [0.25, 0.3) is 0 Å². The van der Waals surface area contributed by atoms with Gasteiger partial charge >= 0.3 is 0 Å². The molecule has 1 fully saturated rings. The average Bonchev–Trinajstić information content (AvgIpc) is 2.61. The Morgan fingerprint density at radius 2 is 1.88 bits per heavy atom. The minimum absolute atomic E-state index is 0.406. The van der Waals surface area contributed by atoms with E-state index >= 15 is 0 Å². The molecule has 0 radical (unpaired) electrons. The van der Waals surface area contributed by atoms with Crippen LogP contribution in [-0.4, -0.2) is 55.2 Å². The van der Waals surface area contributed by atoms with Crippen LogP contribution in [0.5, 0.6) is 0 Å². The molecule has 1 saturated heterocycles. The van der Waals surface area contributed by atoms with Crippen molar-refractivity contribution in [3.63, 3.8) is 0 Å². The topological polar surface area (TPSA) is 48.4 Å². The van der Waals surface area contributed by atoms with E-state index in [-0.39, 0.29) is 0 Å². The molecule has 1 aliphatic rings. The zero-order chi connectivity index (χ0) is 18.0. The molecule has 0 amide bonds. The minimum Gasteiger partial charge on any atom is -0.363 e. The average molecular weight is 405 g/mol. The molecular weight excluding hydrogens is 380 g/mol. The number of piperidine rings is 1. The number of aromatic nitrogens is 3. The Kier molecular flexibility index (Phi) is 5.42. The SMILES string of the molecule is Cc1cc(Br)cnc1N1CCCC(N(C)c2cc(N(C)C)ncn2)C1. The molecule has 0 spiro atoms. The van der Waals surface area contributed by atoms with Crippen LogP contribution in [0.15, 0.2) is 29.1 Å². The second-order valence-corrected chi connectivity index (χ2v) is 7.69. The van der Waals surface area contributed by atoms with E-state index in [1.54, 1.807) is 6.33 Å². The molecule has 3 rings (SSSR count). The highest BCUT2D eigenvalue weighted by Crippen LogP contribution is 2.27. The summed E-state index contributed by atoms with van der Waals surface area (Å²) >= 11 is 3.50. The lowest BCUT2D eigenvalue weighted by Gasteiger charge is -2.39. The summed E-state index contributed by atoms with van der Waals surface area (Å²) in [5.41, 5.74) is 1.20. The maximum atomic E-state index is 4.63. The van der Waals surface area contributed by atoms with Crippen molar-refractivity contribution in [3.05, 3.63) is 34.7 Å². The molecular formula is C18H25BrN6. The Balaban J connectivity index is 1.77. The summed E-state index contributed by atoms with van der Waals surface area (Å²) in [6.07, 6.45) is 5.83. The van der Waals surface area contributed by atoms with Gasteiger partial charge in [-0.3, -0.25) is 0 Å². The molecule has 7 heteroatoms. The Morgan fingerprint density at radius 3 is 2.60 bits per heavy atom. The van der Waals surface area contributed by atoms with Crippen LogP contribution in [0, 0.1) is 6.92 Å². The van der Waals surface area contributed by atoms with E-state index in [0.29, 0.717) is 6.04 Å². The van der Waals surface area contributed by atoms with Gasteiger partial charge in [-0.15, -0.1) is 0 Å². The lowest BCUT2D eigenvalue weighted by Crippen LogP contribution is -2.47. The number of nitrogens with zero attached hydrogens (tertiary/aromatic N) is 6. The number of rotatable bonds is 4. The third-order valence-electron chi connectivity index (χ3n) is 4.72. The predicted octanol–water partition coefficient (Wildman–Crippen LogP) is 3.11. The van der Waals surface area contributed by atoms with Gasteiger partial charge in [0, 0.05) is 57.0 Å². The minimum atomic E-state index is 0.406. The molecule has 0 saturated carbocycles. The predicted molar refractivity (Wildman–Crippen MR) is 107 cm³/mol. The summed E-state index contributed by atoms with van der Waals surface area (Å²) in [5, 5.41) is 0. The van der Waals surface area contributed by atoms with Crippen molar-refractivity contribution in [2.75, 3.05) is 48.9 Å². The van der Waals surface area contributed by atoms with E-state index in [4.69, 9.17) is 0 Å². The highest BCUT2D eigenvalue weighted by atomic mass is 79.9. The van der Waals surface area contributed by atoms with E-state index in [1.807, 2.05) is 31.3 Å². The Morgan fingerprint density at radius 1 is 1.12 bits per heavy atom. The number of anilines is 3. The molecule has 25 heavy (non-hydrogen) atoms. The second-order valence-electron chi connectivity index (χ2n) is 6.78. The summed E-state index contributed by atoms with van der Waals surface area (Å²) in [7, 11) is 6.12. The Labute approximate surface area is 158 Å². The second kappa shape index (κ2) is 7.56. The van der Waals surface area contributed by atoms with Crippen LogP contribution in [-0.2, 0) is 0 Å². The zero-order valence-electron chi connectivity index (χ0n) is 15.3. The molecule has 2 aromatic heterocycles. The first kappa shape index (κ1) is 17.9. The van der Waals surface area contributed by atoms with Gasteiger partial charge < -0.3 is 14.7 Å². The standard InChI is InChI=1S/C18H25BrN6/c1-13-8-14(19)10-20-18(13)25-7-5-6-15(11-25)24(4)17-9-16(23(2)3)21-12-22-17/h8-10,12,15H,5-7,11H2,1-4H3. The molecule has 0 aliphatic carbocycles. The summed E-state index contributed by atoms with van der Waals surface area (Å²) in [5.74, 6) is 2.97. The van der Waals surface area contributed by atoms with Gasteiger partial charge in [0.05, 0.1) is 0 Å². The van der Waals surface area contributed by atoms with Crippen LogP contribution in [0.3, 0.4) is 0 Å². The Hall–Kier alpha value is -1.89. The van der Waals surface area contributed by atoms with Crippen LogP contribution >= 0.6 is 15.9 Å². The number of aryl methyl sites for hydroxylation is 1. The highest BCUT2D eigenvalue weighted by Gasteiger charge is 2.26. The third kappa shape index (κ3) is 4.03. The Bertz CT molecular complexity index is 735. The molecule has 2 aromatic rings. The van der Waals surface area contributed by atoms with Gasteiger partial charge in [-0.2, -0.15) is 0 Å². The molecule has 6 nitrogen and oxygen atoms in total. The maximum absolute atomic E-state index is 4.63. The van der Waals surface area contributed by atoms with E-state index < -0.39 is 0 Å². The normalized spacial score (nSPS) is 17.5. The summed E-state index contributed by atoms with van der Waals surface area (Å²) < 4.78 is 1.02. The summed E-state index contributed by atoms with van der Waals surface area (Å²) in [4.78, 5) is 20.1. The fraction of sp³-hybridized carbons (Fsp3) is 0.500. The van der Waals surface area contributed by atoms with Gasteiger partial charge in [0.1, 0.15) is 23.8 Å². The van der Waals surface area contributed by atoms with Gasteiger partial charge in [0.15, 0.2) is 0 Å². The van der Waals surface area contributed by atoms with Crippen molar-refractivity contribution in [1.29, 1.82) is 0 Å². The first-order valence-electron chi connectivity index (χ1n) is 8.55. The summed E-state index contributed by atoms with van der Waals surface area (Å²) in [6.45, 7) is 4.12. The quantitative estimate of drug-likeness (QED) is 0.779. The van der Waals surface area contributed by atoms with Gasteiger partial charge in [-0.05, 0) is 47.3 Å². The van der Waals surface area contributed by atoms with Crippen molar-refractivity contribution in [3.8, 4) is 0 Å². The van der Waals surface area contributed by atoms with E-state index in [0.717, 1.165) is 47.9 Å². The third-order valence-corrected chi connectivity index (χ3v) is 5.15. The molecule has 0 N–H and O–H groups in total. The molecule has 0 bridgehead atoms. The summed E-state index contributed by atoms with van der Waals surface area (Å²) in [6, 6.07) is 4.58. The molecule has 3 heterocycles. The van der Waals surface area contributed by atoms with Crippen molar-refractivity contribution in [2.45, 2.75) is 25.8 Å². The zero-order valence-corrected chi connectivity index (χ0v) is 16.9. The van der Waals surface area contributed by atoms with Crippen molar-refractivity contribution in [1.82, 2.24) is 15.0 Å². The van der Waals surface area contributed by atoms with Crippen LogP contribution in [0.1, 0.15) is 18.4 Å². The molecule has 0 aromatic carbocycles. The van der Waals surface area contributed by atoms with Gasteiger partial charge in [-0.1, -0.05) is 0 Å². The number of pyridine rings is 1. The van der Waals surface area contributed by atoms with Crippen LogP contribution in [0.25, 0.3) is 0 Å². The highest BCUT2D eigenvalue weighted by molar-refractivity contribution is 9.10. The molecule has 1 aliphatic heterocycles. The fourth-order valence-electron chi connectivity index (χ4n) is 3.29. The first-order valence-corrected chi connectivity index (χ1v) is 9.34. The van der Waals surface area contributed by atoms with Gasteiger partial charge in [-0.25, -0.2) is 15.0 Å². The first-order chi connectivity index (χ1) is 12.0. The smallest absolute Gasteiger partial charge is 0.134 e. The van der Waals surface area contributed by atoms with Crippen molar-refractivity contribution in [2.24, 2.45) is 0 Å². The lowest BCUT2D eigenvalue weighted by molar-refractivity contribution is 0.483. The van der Waals surface area contributed by atoms with Crippen LogP contribution in [0.4, 0.5) is 17.5 Å². The van der Waals surface area contributed by atoms with E-state index in [1.165, 1.54) is 5.56 Å². The number of hydrogen-bond donors (Lipinski definition) is 0. The lowest BCUT2D eigenvalue weighted by atomic mass is 10.0. The maximum Gasteiger partial charge on any atom is 0.134 e. The number of hydrogen-bond acceptors (Lipinski definition) is 6. The van der Waals surface area contributed by atoms with Crippen molar-refractivity contribution < 1.29 is 0 Å². The van der Waals surface area contributed by atoms with Gasteiger partial charge in [0.2, 0.25) is 0 Å². The van der Waals surface area contributed by atoms with E-state index in [2.05, 4.69) is 60.7 Å². The fourth-order valence-corrected chi connectivity index (χ4v) is 3.74. The van der Waals surface area contributed by atoms with E-state index in [9.17, 15) is 0 Å². The largest absolute Gasteiger partial charge is 0.363 e. The molecule has 1 unspecified atom stereocenters. The number of likely N-dealkylation sites (N-methyl/N-ethyl adjacent to an activating group) is 1.